The van der Waals surface area contributed by atoms with Crippen molar-refractivity contribution in [3.05, 3.63) is 71.1 Å². The first-order valence-corrected chi connectivity index (χ1v) is 8.65. The Balaban J connectivity index is 1.81. The van der Waals surface area contributed by atoms with Crippen molar-refractivity contribution in [1.29, 1.82) is 0 Å². The van der Waals surface area contributed by atoms with E-state index in [-0.39, 0.29) is 5.24 Å². The van der Waals surface area contributed by atoms with Crippen LogP contribution in [0.2, 0.25) is 0 Å². The third-order valence-corrected chi connectivity index (χ3v) is 4.53. The van der Waals surface area contributed by atoms with Gasteiger partial charge in [0.15, 0.2) is 0 Å². The summed E-state index contributed by atoms with van der Waals surface area (Å²) >= 11 is 6.70. The number of amides is 1. The molecular formula is C18H16N2O2S2. The van der Waals surface area contributed by atoms with E-state index in [9.17, 15) is 4.79 Å². The fourth-order valence-corrected chi connectivity index (χ4v) is 3.25. The number of carbonyl (C=O) groups is 1. The van der Waals surface area contributed by atoms with E-state index in [1.54, 1.807) is 12.1 Å². The number of hydrogen-bond acceptors (Lipinski definition) is 4. The zero-order chi connectivity index (χ0) is 16.9. The Morgan fingerprint density at radius 2 is 1.88 bits per heavy atom. The maximum absolute atomic E-state index is 11.8. The van der Waals surface area contributed by atoms with Gasteiger partial charge in [0.25, 0.3) is 0 Å². The Bertz CT molecular complexity index is 773. The molecule has 0 atom stereocenters. The first kappa shape index (κ1) is 16.5. The summed E-state index contributed by atoms with van der Waals surface area (Å²) in [7, 11) is 1.64. The summed E-state index contributed by atoms with van der Waals surface area (Å²) in [5.41, 5.74) is 5.76. The van der Waals surface area contributed by atoms with E-state index in [0.29, 0.717) is 11.4 Å². The molecule has 0 saturated carbocycles. The Hall–Kier alpha value is -2.31. The summed E-state index contributed by atoms with van der Waals surface area (Å²) in [4.78, 5) is 12.4. The van der Waals surface area contributed by atoms with Gasteiger partial charge in [0, 0.05) is 17.4 Å². The molecule has 0 saturated heterocycles. The average Bonchev–Trinajstić information content (AvgIpc) is 2.63. The number of methoxy groups -OCH3 is 1. The minimum atomic E-state index is -0.147. The summed E-state index contributed by atoms with van der Waals surface area (Å²) < 4.78 is 5.17. The number of hydrazine groups is 1. The zero-order valence-corrected chi connectivity index (χ0v) is 14.7. The molecule has 1 amide bonds. The van der Waals surface area contributed by atoms with Crippen LogP contribution in [0.4, 0.5) is 4.79 Å². The third kappa shape index (κ3) is 3.77. The van der Waals surface area contributed by atoms with Gasteiger partial charge in [-0.2, -0.15) is 0 Å². The number of hydrogen-bond donors (Lipinski definition) is 1. The molecule has 4 nitrogen and oxygen atoms in total. The standard InChI is InChI=1S/C18H16N2O2S2/c1-22-15-9-7-13(8-10-15)11-17(23)20-16(12-24-18(21)19-20)14-5-3-2-4-6-14/h2-10,12H,11H2,1H3,(H,19,21). The van der Waals surface area contributed by atoms with Crippen molar-refractivity contribution < 1.29 is 9.53 Å². The molecule has 3 rings (SSSR count). The fourth-order valence-electron chi connectivity index (χ4n) is 2.34. The Morgan fingerprint density at radius 3 is 2.54 bits per heavy atom. The van der Waals surface area contributed by atoms with Crippen LogP contribution in [-0.2, 0) is 6.42 Å². The van der Waals surface area contributed by atoms with Gasteiger partial charge < -0.3 is 4.74 Å². The smallest absolute Gasteiger partial charge is 0.302 e. The van der Waals surface area contributed by atoms with Gasteiger partial charge in [-0.1, -0.05) is 54.7 Å². The minimum Gasteiger partial charge on any atom is -0.497 e. The Labute approximate surface area is 150 Å². The molecular weight excluding hydrogens is 340 g/mol. The largest absolute Gasteiger partial charge is 0.497 e. The molecule has 0 aromatic heterocycles. The second kappa shape index (κ2) is 7.51. The molecule has 0 bridgehead atoms. The number of carbonyl (C=O) groups excluding carboxylic acids is 1. The third-order valence-electron chi connectivity index (χ3n) is 3.55. The van der Waals surface area contributed by atoms with Gasteiger partial charge in [-0.25, -0.2) is 5.01 Å². The number of rotatable bonds is 4. The summed E-state index contributed by atoms with van der Waals surface area (Å²) in [6, 6.07) is 17.6. The van der Waals surface area contributed by atoms with Gasteiger partial charge in [0.05, 0.1) is 12.8 Å². The van der Waals surface area contributed by atoms with Crippen LogP contribution in [0.3, 0.4) is 0 Å². The van der Waals surface area contributed by atoms with Crippen molar-refractivity contribution >= 4 is 39.9 Å². The van der Waals surface area contributed by atoms with E-state index in [1.165, 1.54) is 0 Å². The van der Waals surface area contributed by atoms with Crippen LogP contribution in [0.5, 0.6) is 5.75 Å². The van der Waals surface area contributed by atoms with Crippen LogP contribution < -0.4 is 10.2 Å². The first-order valence-electron chi connectivity index (χ1n) is 7.36. The van der Waals surface area contributed by atoms with E-state index in [4.69, 9.17) is 17.0 Å². The molecule has 1 heterocycles. The molecule has 2 aromatic rings. The second-order valence-electron chi connectivity index (χ2n) is 5.14. The highest BCUT2D eigenvalue weighted by Gasteiger charge is 2.23. The lowest BCUT2D eigenvalue weighted by Crippen LogP contribution is -2.45. The zero-order valence-electron chi connectivity index (χ0n) is 13.1. The minimum absolute atomic E-state index is 0.147. The van der Waals surface area contributed by atoms with Crippen LogP contribution >= 0.6 is 24.0 Å². The van der Waals surface area contributed by atoms with Gasteiger partial charge in [-0.05, 0) is 29.5 Å². The van der Waals surface area contributed by atoms with E-state index in [1.807, 2.05) is 60.0 Å². The number of nitrogens with one attached hydrogen (secondary N) is 1. The SMILES string of the molecule is COc1ccc(CC(=S)N2NC(=O)SC=C2c2ccccc2)cc1. The highest BCUT2D eigenvalue weighted by atomic mass is 32.2. The van der Waals surface area contributed by atoms with Crippen molar-refractivity contribution in [3.63, 3.8) is 0 Å². The summed E-state index contributed by atoms with van der Waals surface area (Å²) in [6.45, 7) is 0. The normalized spacial score (nSPS) is 14.0. The van der Waals surface area contributed by atoms with Crippen LogP contribution in [0.25, 0.3) is 5.70 Å². The molecule has 0 unspecified atom stereocenters. The summed E-state index contributed by atoms with van der Waals surface area (Å²) in [6.07, 6.45) is 0.550. The maximum atomic E-state index is 11.8. The van der Waals surface area contributed by atoms with Crippen LogP contribution in [-0.4, -0.2) is 22.3 Å². The number of benzene rings is 2. The van der Waals surface area contributed by atoms with Crippen molar-refractivity contribution in [2.45, 2.75) is 6.42 Å². The van der Waals surface area contributed by atoms with Crippen molar-refractivity contribution in [2.75, 3.05) is 7.11 Å². The lowest BCUT2D eigenvalue weighted by molar-refractivity contribution is 0.250. The predicted octanol–water partition coefficient (Wildman–Crippen LogP) is 4.24. The van der Waals surface area contributed by atoms with E-state index < -0.39 is 0 Å². The molecule has 1 N–H and O–H groups in total. The quantitative estimate of drug-likeness (QED) is 0.830. The molecule has 2 aromatic carbocycles. The second-order valence-corrected chi connectivity index (χ2v) is 6.45. The van der Waals surface area contributed by atoms with E-state index in [0.717, 1.165) is 34.3 Å². The van der Waals surface area contributed by atoms with E-state index in [2.05, 4.69) is 5.43 Å². The molecule has 0 spiro atoms. The Morgan fingerprint density at radius 1 is 1.17 bits per heavy atom. The fraction of sp³-hybridized carbons (Fsp3) is 0.111. The Kier molecular flexibility index (Phi) is 5.17. The number of nitrogens with zero attached hydrogens (tertiary/aromatic N) is 1. The van der Waals surface area contributed by atoms with Crippen LogP contribution in [0, 0.1) is 0 Å². The molecule has 1 aliphatic rings. The topological polar surface area (TPSA) is 41.6 Å². The van der Waals surface area contributed by atoms with Gasteiger partial charge in [0.1, 0.15) is 10.7 Å². The molecule has 0 fully saturated rings. The predicted molar refractivity (Wildman–Crippen MR) is 102 cm³/mol. The highest BCUT2D eigenvalue weighted by molar-refractivity contribution is 8.16. The maximum Gasteiger partial charge on any atom is 0.302 e. The molecule has 1 aliphatic heterocycles. The number of thiocarbonyl (C=S) groups is 1. The lowest BCUT2D eigenvalue weighted by Gasteiger charge is -2.30. The number of thioether (sulfide) groups is 1. The monoisotopic (exact) mass is 356 g/mol. The van der Waals surface area contributed by atoms with Crippen molar-refractivity contribution in [2.24, 2.45) is 0 Å². The molecule has 0 aliphatic carbocycles. The van der Waals surface area contributed by atoms with Gasteiger partial charge in [-0.15, -0.1) is 0 Å². The number of ether oxygens (including phenoxy) is 1. The van der Waals surface area contributed by atoms with Crippen LogP contribution in [0.15, 0.2) is 60.0 Å². The highest BCUT2D eigenvalue weighted by Crippen LogP contribution is 2.27. The van der Waals surface area contributed by atoms with Gasteiger partial charge in [-0.3, -0.25) is 10.2 Å². The van der Waals surface area contributed by atoms with Gasteiger partial charge >= 0.3 is 5.24 Å². The molecule has 6 heteroatoms. The summed E-state index contributed by atoms with van der Waals surface area (Å²) in [5, 5.41) is 3.37. The molecule has 0 radical (unpaired) electrons. The van der Waals surface area contributed by atoms with Gasteiger partial charge in [0.2, 0.25) is 0 Å². The van der Waals surface area contributed by atoms with E-state index >= 15 is 0 Å². The van der Waals surface area contributed by atoms with Crippen molar-refractivity contribution in [3.8, 4) is 5.75 Å². The lowest BCUT2D eigenvalue weighted by atomic mass is 10.1. The van der Waals surface area contributed by atoms with Crippen molar-refractivity contribution in [1.82, 2.24) is 10.4 Å². The first-order chi connectivity index (χ1) is 11.7. The molecule has 122 valence electrons. The molecule has 24 heavy (non-hydrogen) atoms. The summed E-state index contributed by atoms with van der Waals surface area (Å²) in [5.74, 6) is 0.803. The van der Waals surface area contributed by atoms with Crippen LogP contribution in [0.1, 0.15) is 11.1 Å². The average molecular weight is 356 g/mol.